The van der Waals surface area contributed by atoms with Gasteiger partial charge in [0, 0.05) is 37.9 Å². The standard InChI is InChI=1S/C19H19F2N5O3S2/c1-12(19(27)22-13-5-6-14(20)15(21)11-13)25-7-9-26(10-8-25)31(28,29)17-4-2-3-16-18(17)24-30-23-16/h2-6,11-12H,7-10H2,1H3,(H,22,27)/t12-/m0/s1. The monoisotopic (exact) mass is 467 g/mol. The molecule has 1 saturated heterocycles. The number of halogens is 2. The smallest absolute Gasteiger partial charge is 0.245 e. The maximum absolute atomic E-state index is 13.4. The molecule has 1 aliphatic heterocycles. The number of amides is 1. The van der Waals surface area contributed by atoms with Gasteiger partial charge in [-0.2, -0.15) is 13.1 Å². The molecule has 0 spiro atoms. The first-order valence-corrected chi connectivity index (χ1v) is 11.7. The summed E-state index contributed by atoms with van der Waals surface area (Å²) in [6, 6.07) is 7.42. The van der Waals surface area contributed by atoms with Crippen LogP contribution in [0.15, 0.2) is 41.3 Å². The second-order valence-corrected chi connectivity index (χ2v) is 9.56. The number of piperazine rings is 1. The second-order valence-electron chi connectivity index (χ2n) is 7.12. The van der Waals surface area contributed by atoms with Gasteiger partial charge in [0.15, 0.2) is 11.6 Å². The summed E-state index contributed by atoms with van der Waals surface area (Å²) in [6.07, 6.45) is 0. The zero-order valence-corrected chi connectivity index (χ0v) is 18.1. The zero-order chi connectivity index (χ0) is 22.2. The van der Waals surface area contributed by atoms with E-state index in [1.165, 1.54) is 16.4 Å². The third-order valence-electron chi connectivity index (χ3n) is 5.25. The van der Waals surface area contributed by atoms with Crippen LogP contribution in [-0.2, 0) is 14.8 Å². The Morgan fingerprint density at radius 2 is 1.84 bits per heavy atom. The summed E-state index contributed by atoms with van der Waals surface area (Å²) in [5, 5.41) is 2.56. The van der Waals surface area contributed by atoms with E-state index in [4.69, 9.17) is 0 Å². The molecular formula is C19H19F2N5O3S2. The number of rotatable bonds is 5. The minimum absolute atomic E-state index is 0.122. The Morgan fingerprint density at radius 1 is 1.10 bits per heavy atom. The quantitative estimate of drug-likeness (QED) is 0.619. The van der Waals surface area contributed by atoms with Crippen molar-refractivity contribution in [3.63, 3.8) is 0 Å². The summed E-state index contributed by atoms with van der Waals surface area (Å²) in [4.78, 5) is 14.5. The van der Waals surface area contributed by atoms with Crippen molar-refractivity contribution in [2.75, 3.05) is 31.5 Å². The normalized spacial score (nSPS) is 17.0. The number of sulfonamides is 1. The fourth-order valence-corrected chi connectivity index (χ4v) is 5.62. The molecular weight excluding hydrogens is 448 g/mol. The number of hydrogen-bond acceptors (Lipinski definition) is 7. The van der Waals surface area contributed by atoms with Crippen LogP contribution in [-0.4, -0.2) is 64.5 Å². The van der Waals surface area contributed by atoms with Crippen molar-refractivity contribution in [2.45, 2.75) is 17.9 Å². The number of fused-ring (bicyclic) bond motifs is 1. The van der Waals surface area contributed by atoms with E-state index in [-0.39, 0.29) is 29.6 Å². The molecule has 3 aromatic rings. The van der Waals surface area contributed by atoms with Gasteiger partial charge in [-0.05, 0) is 31.2 Å². The van der Waals surface area contributed by atoms with E-state index >= 15 is 0 Å². The summed E-state index contributed by atoms with van der Waals surface area (Å²) in [5.41, 5.74) is 1.04. The maximum Gasteiger partial charge on any atom is 0.245 e. The molecule has 1 atom stereocenters. The van der Waals surface area contributed by atoms with E-state index in [9.17, 15) is 22.0 Å². The Kier molecular flexibility index (Phi) is 5.97. The molecule has 12 heteroatoms. The predicted octanol–water partition coefficient (Wildman–Crippen LogP) is 2.30. The van der Waals surface area contributed by atoms with Crippen molar-refractivity contribution < 1.29 is 22.0 Å². The first kappa shape index (κ1) is 21.7. The average Bonchev–Trinajstić information content (AvgIpc) is 3.24. The second kappa shape index (κ2) is 8.54. The highest BCUT2D eigenvalue weighted by atomic mass is 32.2. The Hall–Kier alpha value is -2.54. The number of anilines is 1. The Balaban J connectivity index is 1.41. The molecule has 0 radical (unpaired) electrons. The minimum atomic E-state index is -3.75. The van der Waals surface area contributed by atoms with Crippen LogP contribution in [0.3, 0.4) is 0 Å². The lowest BCUT2D eigenvalue weighted by Crippen LogP contribution is -2.53. The predicted molar refractivity (Wildman–Crippen MR) is 112 cm³/mol. The van der Waals surface area contributed by atoms with Crippen LogP contribution in [0.25, 0.3) is 11.0 Å². The van der Waals surface area contributed by atoms with Gasteiger partial charge in [-0.1, -0.05) is 6.07 Å². The van der Waals surface area contributed by atoms with Gasteiger partial charge in [0.25, 0.3) is 0 Å². The first-order valence-electron chi connectivity index (χ1n) is 9.49. The van der Waals surface area contributed by atoms with E-state index in [1.54, 1.807) is 19.1 Å². The van der Waals surface area contributed by atoms with E-state index in [0.29, 0.717) is 24.1 Å². The number of aromatic nitrogens is 2. The topological polar surface area (TPSA) is 95.5 Å². The van der Waals surface area contributed by atoms with Gasteiger partial charge in [-0.15, -0.1) is 0 Å². The first-order chi connectivity index (χ1) is 14.8. The molecule has 164 valence electrons. The van der Waals surface area contributed by atoms with Crippen molar-refractivity contribution >= 4 is 44.4 Å². The van der Waals surface area contributed by atoms with Gasteiger partial charge in [0.1, 0.15) is 15.9 Å². The van der Waals surface area contributed by atoms with Crippen LogP contribution < -0.4 is 5.32 Å². The fourth-order valence-electron chi connectivity index (χ4n) is 3.45. The molecule has 31 heavy (non-hydrogen) atoms. The summed E-state index contributed by atoms with van der Waals surface area (Å²) in [7, 11) is -3.75. The maximum atomic E-state index is 13.4. The number of carbonyl (C=O) groups is 1. The third kappa shape index (κ3) is 4.28. The van der Waals surface area contributed by atoms with Crippen LogP contribution in [0.1, 0.15) is 6.92 Å². The van der Waals surface area contributed by atoms with Crippen LogP contribution in [0.4, 0.5) is 14.5 Å². The highest BCUT2D eigenvalue weighted by Crippen LogP contribution is 2.25. The van der Waals surface area contributed by atoms with E-state index in [2.05, 4.69) is 14.1 Å². The van der Waals surface area contributed by atoms with Crippen LogP contribution in [0.5, 0.6) is 0 Å². The largest absolute Gasteiger partial charge is 0.325 e. The Morgan fingerprint density at radius 3 is 2.55 bits per heavy atom. The van der Waals surface area contributed by atoms with E-state index < -0.39 is 27.7 Å². The summed E-state index contributed by atoms with van der Waals surface area (Å²) in [5.74, 6) is -2.43. The number of carbonyl (C=O) groups excluding carboxylic acids is 1. The van der Waals surface area contributed by atoms with Gasteiger partial charge in [0.2, 0.25) is 15.9 Å². The van der Waals surface area contributed by atoms with E-state index in [1.807, 2.05) is 4.90 Å². The van der Waals surface area contributed by atoms with Gasteiger partial charge in [-0.3, -0.25) is 9.69 Å². The van der Waals surface area contributed by atoms with Crippen LogP contribution >= 0.6 is 11.7 Å². The molecule has 2 heterocycles. The van der Waals surface area contributed by atoms with Gasteiger partial charge < -0.3 is 5.32 Å². The van der Waals surface area contributed by atoms with Crippen molar-refractivity contribution in [1.29, 1.82) is 0 Å². The molecule has 1 aliphatic rings. The lowest BCUT2D eigenvalue weighted by Gasteiger charge is -2.36. The number of nitrogens with zero attached hydrogens (tertiary/aromatic N) is 4. The Labute approximate surface area is 181 Å². The molecule has 0 saturated carbocycles. The molecule has 1 amide bonds. The van der Waals surface area contributed by atoms with Crippen molar-refractivity contribution in [3.8, 4) is 0 Å². The van der Waals surface area contributed by atoms with E-state index in [0.717, 1.165) is 23.9 Å². The molecule has 0 aliphatic carbocycles. The Bertz CT molecular complexity index is 1230. The number of nitrogens with one attached hydrogen (secondary N) is 1. The van der Waals surface area contributed by atoms with Gasteiger partial charge in [-0.25, -0.2) is 17.2 Å². The molecule has 0 bridgehead atoms. The van der Waals surface area contributed by atoms with Crippen LogP contribution in [0, 0.1) is 11.6 Å². The van der Waals surface area contributed by atoms with Crippen molar-refractivity contribution in [2.24, 2.45) is 0 Å². The summed E-state index contributed by atoms with van der Waals surface area (Å²) < 4.78 is 62.2. The fraction of sp³-hybridized carbons (Fsp3) is 0.316. The number of hydrogen-bond donors (Lipinski definition) is 1. The van der Waals surface area contributed by atoms with Gasteiger partial charge >= 0.3 is 0 Å². The molecule has 8 nitrogen and oxygen atoms in total. The lowest BCUT2D eigenvalue weighted by molar-refractivity contribution is -0.121. The molecule has 0 unspecified atom stereocenters. The van der Waals surface area contributed by atoms with Crippen molar-refractivity contribution in [3.05, 3.63) is 48.0 Å². The number of benzene rings is 2. The summed E-state index contributed by atoms with van der Waals surface area (Å²) in [6.45, 7) is 2.78. The minimum Gasteiger partial charge on any atom is -0.325 e. The third-order valence-corrected chi connectivity index (χ3v) is 7.73. The zero-order valence-electron chi connectivity index (χ0n) is 16.5. The van der Waals surface area contributed by atoms with Gasteiger partial charge in [0.05, 0.1) is 17.8 Å². The molecule has 1 fully saturated rings. The SMILES string of the molecule is C[C@@H](C(=O)Nc1ccc(F)c(F)c1)N1CCN(S(=O)(=O)c2cccc3nsnc23)CC1. The lowest BCUT2D eigenvalue weighted by atomic mass is 10.2. The summed E-state index contributed by atoms with van der Waals surface area (Å²) >= 11 is 0.960. The highest BCUT2D eigenvalue weighted by Gasteiger charge is 2.33. The van der Waals surface area contributed by atoms with Crippen molar-refractivity contribution in [1.82, 2.24) is 18.0 Å². The van der Waals surface area contributed by atoms with Crippen LogP contribution in [0.2, 0.25) is 0 Å². The molecule has 4 rings (SSSR count). The molecule has 1 N–H and O–H groups in total. The highest BCUT2D eigenvalue weighted by molar-refractivity contribution is 7.89. The molecule has 2 aromatic carbocycles. The molecule has 1 aromatic heterocycles. The average molecular weight is 468 g/mol.